The van der Waals surface area contributed by atoms with E-state index in [0.29, 0.717) is 5.92 Å². The molecule has 0 amide bonds. The number of nitrogens with zero attached hydrogens (tertiary/aromatic N) is 6. The number of hydrogen-bond acceptors (Lipinski definition) is 6. The maximum Gasteiger partial charge on any atom is 0.200 e. The summed E-state index contributed by atoms with van der Waals surface area (Å²) in [7, 11) is 2.18. The van der Waals surface area contributed by atoms with E-state index in [9.17, 15) is 0 Å². The zero-order chi connectivity index (χ0) is 15.5. The van der Waals surface area contributed by atoms with Crippen LogP contribution in [0.3, 0.4) is 0 Å². The summed E-state index contributed by atoms with van der Waals surface area (Å²) in [5.74, 6) is 0.380. The van der Waals surface area contributed by atoms with Crippen LogP contribution in [0.5, 0.6) is 0 Å². The lowest BCUT2D eigenvalue weighted by atomic mass is 10.1. The average molecular weight is 303 g/mol. The molecule has 0 unspecified atom stereocenters. The molecule has 1 N–H and O–H groups in total. The molecular weight excluding hydrogens is 278 g/mol. The van der Waals surface area contributed by atoms with Gasteiger partial charge < -0.3 is 10.2 Å². The maximum atomic E-state index is 4.54. The van der Waals surface area contributed by atoms with Crippen LogP contribution in [0.2, 0.25) is 0 Å². The zero-order valence-corrected chi connectivity index (χ0v) is 13.7. The molecule has 1 fully saturated rings. The van der Waals surface area contributed by atoms with Gasteiger partial charge in [0.2, 0.25) is 5.65 Å². The number of likely N-dealkylation sites (N-methyl/N-ethyl adjacent to an activating group) is 1. The quantitative estimate of drug-likeness (QED) is 0.886. The van der Waals surface area contributed by atoms with Gasteiger partial charge in [-0.1, -0.05) is 13.8 Å². The molecule has 7 heteroatoms. The van der Waals surface area contributed by atoms with Gasteiger partial charge in [0.25, 0.3) is 0 Å². The first-order chi connectivity index (χ1) is 10.6. The normalized spacial score (nSPS) is 17.5. The smallest absolute Gasteiger partial charge is 0.200 e. The van der Waals surface area contributed by atoms with Crippen LogP contribution in [0.1, 0.15) is 25.5 Å². The fraction of sp³-hybridized carbons (Fsp3) is 0.667. The Morgan fingerprint density at radius 3 is 2.73 bits per heavy atom. The fourth-order valence-corrected chi connectivity index (χ4v) is 2.68. The standard InChI is InChI=1S/C15H25N7/c1-12(2)13-10-14(15-18-17-11-22(15)19-13)16-4-5-21-8-6-20(3)7-9-21/h10-12,16H,4-9H2,1-3H3. The molecule has 7 nitrogen and oxygen atoms in total. The molecule has 1 saturated heterocycles. The third kappa shape index (κ3) is 3.36. The van der Waals surface area contributed by atoms with Crippen LogP contribution in [-0.4, -0.2) is 75.9 Å². The van der Waals surface area contributed by atoms with Gasteiger partial charge in [0.05, 0.1) is 11.4 Å². The third-order valence-corrected chi connectivity index (χ3v) is 4.22. The van der Waals surface area contributed by atoms with Gasteiger partial charge in [-0.05, 0) is 19.0 Å². The number of nitrogens with one attached hydrogen (secondary N) is 1. The molecule has 0 atom stereocenters. The van der Waals surface area contributed by atoms with Crippen LogP contribution < -0.4 is 5.32 Å². The van der Waals surface area contributed by atoms with E-state index < -0.39 is 0 Å². The minimum Gasteiger partial charge on any atom is -0.381 e. The molecule has 120 valence electrons. The summed E-state index contributed by atoms with van der Waals surface area (Å²) in [6.45, 7) is 10.8. The van der Waals surface area contributed by atoms with E-state index in [1.54, 1.807) is 10.8 Å². The molecule has 0 spiro atoms. The predicted octanol–water partition coefficient (Wildman–Crippen LogP) is 0.907. The fourth-order valence-electron chi connectivity index (χ4n) is 2.68. The molecule has 0 aliphatic carbocycles. The van der Waals surface area contributed by atoms with Gasteiger partial charge in [0.15, 0.2) is 0 Å². The summed E-state index contributed by atoms with van der Waals surface area (Å²) in [5, 5.41) is 16.2. The van der Waals surface area contributed by atoms with Crippen molar-refractivity contribution in [3.63, 3.8) is 0 Å². The molecule has 1 aliphatic heterocycles. The van der Waals surface area contributed by atoms with Gasteiger partial charge in [-0.25, -0.2) is 0 Å². The lowest BCUT2D eigenvalue weighted by molar-refractivity contribution is 0.158. The minimum atomic E-state index is 0.380. The van der Waals surface area contributed by atoms with Gasteiger partial charge >= 0.3 is 0 Å². The van der Waals surface area contributed by atoms with Gasteiger partial charge in [0, 0.05) is 39.3 Å². The molecule has 1 aliphatic rings. The van der Waals surface area contributed by atoms with Crippen LogP contribution in [-0.2, 0) is 0 Å². The summed E-state index contributed by atoms with van der Waals surface area (Å²) in [4.78, 5) is 4.88. The Morgan fingerprint density at radius 2 is 2.00 bits per heavy atom. The Morgan fingerprint density at radius 1 is 1.23 bits per heavy atom. The predicted molar refractivity (Wildman–Crippen MR) is 87.3 cm³/mol. The van der Waals surface area contributed by atoms with Crippen molar-refractivity contribution in [1.82, 2.24) is 29.6 Å². The summed E-state index contributed by atoms with van der Waals surface area (Å²) >= 11 is 0. The lowest BCUT2D eigenvalue weighted by Crippen LogP contribution is -2.45. The Bertz CT molecular complexity index is 613. The Labute approximate surface area is 131 Å². The largest absolute Gasteiger partial charge is 0.381 e. The second kappa shape index (κ2) is 6.58. The highest BCUT2D eigenvalue weighted by molar-refractivity contribution is 5.66. The minimum absolute atomic E-state index is 0.380. The van der Waals surface area contributed by atoms with E-state index in [4.69, 9.17) is 0 Å². The Balaban J connectivity index is 1.64. The number of hydrogen-bond donors (Lipinski definition) is 1. The molecule has 22 heavy (non-hydrogen) atoms. The van der Waals surface area contributed by atoms with Crippen molar-refractivity contribution in [2.24, 2.45) is 0 Å². The van der Waals surface area contributed by atoms with Gasteiger partial charge in [-0.3, -0.25) is 4.90 Å². The topological polar surface area (TPSA) is 61.6 Å². The second-order valence-corrected chi connectivity index (χ2v) is 6.31. The first-order valence-electron chi connectivity index (χ1n) is 7.99. The van der Waals surface area contributed by atoms with Crippen molar-refractivity contribution < 1.29 is 0 Å². The summed E-state index contributed by atoms with van der Waals surface area (Å²) in [6, 6.07) is 2.10. The molecule has 0 radical (unpaired) electrons. The molecule has 0 saturated carbocycles. The average Bonchev–Trinajstić information content (AvgIpc) is 2.97. The van der Waals surface area contributed by atoms with Crippen LogP contribution >= 0.6 is 0 Å². The molecule has 2 aromatic rings. The van der Waals surface area contributed by atoms with E-state index in [2.05, 4.69) is 57.4 Å². The van der Waals surface area contributed by atoms with Gasteiger partial charge in [-0.2, -0.15) is 9.61 Å². The number of piperazine rings is 1. The lowest BCUT2D eigenvalue weighted by Gasteiger charge is -2.32. The van der Waals surface area contributed by atoms with Crippen LogP contribution in [0.25, 0.3) is 5.65 Å². The van der Waals surface area contributed by atoms with E-state index in [1.807, 2.05) is 0 Å². The summed E-state index contributed by atoms with van der Waals surface area (Å²) < 4.78 is 1.76. The van der Waals surface area contributed by atoms with E-state index in [-0.39, 0.29) is 0 Å². The van der Waals surface area contributed by atoms with Crippen molar-refractivity contribution in [2.45, 2.75) is 19.8 Å². The summed E-state index contributed by atoms with van der Waals surface area (Å²) in [6.07, 6.45) is 1.66. The van der Waals surface area contributed by atoms with Crippen LogP contribution in [0, 0.1) is 0 Å². The molecule has 3 heterocycles. The number of fused-ring (bicyclic) bond motifs is 1. The first-order valence-corrected chi connectivity index (χ1v) is 7.99. The van der Waals surface area contributed by atoms with E-state index >= 15 is 0 Å². The van der Waals surface area contributed by atoms with E-state index in [0.717, 1.165) is 56.3 Å². The zero-order valence-electron chi connectivity index (χ0n) is 13.7. The number of rotatable bonds is 5. The van der Waals surface area contributed by atoms with Gasteiger partial charge in [-0.15, -0.1) is 10.2 Å². The molecule has 0 bridgehead atoms. The molecular formula is C15H25N7. The van der Waals surface area contributed by atoms with Crippen molar-refractivity contribution in [1.29, 1.82) is 0 Å². The van der Waals surface area contributed by atoms with Gasteiger partial charge in [0.1, 0.15) is 6.33 Å². The van der Waals surface area contributed by atoms with Crippen molar-refractivity contribution in [3.05, 3.63) is 18.1 Å². The molecule has 3 rings (SSSR count). The summed E-state index contributed by atoms with van der Waals surface area (Å²) in [5.41, 5.74) is 2.86. The van der Waals surface area contributed by atoms with E-state index in [1.165, 1.54) is 0 Å². The van der Waals surface area contributed by atoms with Crippen molar-refractivity contribution in [3.8, 4) is 0 Å². The maximum absolute atomic E-state index is 4.54. The van der Waals surface area contributed by atoms with Crippen LogP contribution in [0.15, 0.2) is 12.4 Å². The molecule has 0 aromatic carbocycles. The first kappa shape index (κ1) is 15.2. The Kier molecular flexibility index (Phi) is 4.54. The van der Waals surface area contributed by atoms with Crippen molar-refractivity contribution >= 4 is 11.3 Å². The second-order valence-electron chi connectivity index (χ2n) is 6.31. The van der Waals surface area contributed by atoms with Crippen molar-refractivity contribution in [2.75, 3.05) is 51.6 Å². The SMILES string of the molecule is CC(C)c1cc(NCCN2CCN(C)CC2)c2nncn2n1. The highest BCUT2D eigenvalue weighted by Gasteiger charge is 2.14. The Hall–Kier alpha value is -1.73. The molecule has 2 aromatic heterocycles. The third-order valence-electron chi connectivity index (χ3n) is 4.22. The number of aromatic nitrogens is 4. The highest BCUT2D eigenvalue weighted by Crippen LogP contribution is 2.19. The number of anilines is 1. The highest BCUT2D eigenvalue weighted by atomic mass is 15.3. The van der Waals surface area contributed by atoms with Crippen LogP contribution in [0.4, 0.5) is 5.69 Å². The monoisotopic (exact) mass is 303 g/mol.